The Kier molecular flexibility index (Phi) is 7.38. The van der Waals surface area contributed by atoms with Gasteiger partial charge in [0.2, 0.25) is 5.91 Å². The number of nitrogen functional groups attached to an aromatic ring is 1. The molecule has 0 aliphatic carbocycles. The zero-order valence-corrected chi connectivity index (χ0v) is 17.9. The van der Waals surface area contributed by atoms with Crippen LogP contribution >= 0.6 is 0 Å². The number of benzene rings is 2. The molecule has 1 fully saturated rings. The number of amidine groups is 1. The summed E-state index contributed by atoms with van der Waals surface area (Å²) in [6.45, 7) is 1.35. The summed E-state index contributed by atoms with van der Waals surface area (Å²) in [7, 11) is 0. The molecule has 1 saturated heterocycles. The van der Waals surface area contributed by atoms with Gasteiger partial charge in [-0.05, 0) is 48.9 Å². The Morgan fingerprint density at radius 1 is 1.24 bits per heavy atom. The Morgan fingerprint density at radius 2 is 1.94 bits per heavy atom. The minimum absolute atomic E-state index is 0.0836. The first-order valence-electron chi connectivity index (χ1n) is 10.1. The van der Waals surface area contributed by atoms with Crippen LogP contribution in [-0.2, 0) is 19.1 Å². The number of nitrogens with one attached hydrogen (secondary N) is 3. The Hall–Kier alpha value is -3.80. The number of nitrogens with two attached hydrogens (primary N) is 1. The first kappa shape index (κ1) is 23.9. The van der Waals surface area contributed by atoms with E-state index >= 15 is 0 Å². The molecule has 1 heterocycles. The maximum Gasteiger partial charge on any atom is 0.259 e. The molecule has 11 heteroatoms. The molecule has 11 nitrogen and oxygen atoms in total. The summed E-state index contributed by atoms with van der Waals surface area (Å²) in [5.41, 5.74) is 7.83. The van der Waals surface area contributed by atoms with Crippen LogP contribution in [-0.4, -0.2) is 65.7 Å². The number of morpholine rings is 1. The third-order valence-corrected chi connectivity index (χ3v) is 5.09. The average molecular weight is 455 g/mol. The fourth-order valence-corrected chi connectivity index (χ4v) is 3.28. The molecule has 7 N–H and O–H groups in total. The summed E-state index contributed by atoms with van der Waals surface area (Å²) in [4.78, 5) is 38.4. The monoisotopic (exact) mass is 455 g/mol. The van der Waals surface area contributed by atoms with Crippen LogP contribution in [0.15, 0.2) is 42.5 Å². The minimum atomic E-state index is -1.77. The van der Waals surface area contributed by atoms with E-state index in [2.05, 4.69) is 10.6 Å². The number of carbonyl (C=O) groups is 3. The average Bonchev–Trinajstić information content (AvgIpc) is 2.80. The van der Waals surface area contributed by atoms with E-state index in [1.54, 1.807) is 37.3 Å². The highest BCUT2D eigenvalue weighted by atomic mass is 16.5. The number of ether oxygens (including phenoxy) is 1. The SMILES string of the molecule is Cc1ccc(N2CCO[C@H]([C@@H](O)C(=O)Nc3ccc(C(=N)N)cc3)C2=O)cc1NC(=O)CO. The van der Waals surface area contributed by atoms with E-state index < -0.39 is 36.5 Å². The van der Waals surface area contributed by atoms with Gasteiger partial charge in [0.05, 0.1) is 6.61 Å². The van der Waals surface area contributed by atoms with E-state index in [9.17, 15) is 19.5 Å². The second kappa shape index (κ2) is 10.2. The molecule has 2 aromatic carbocycles. The molecule has 174 valence electrons. The van der Waals surface area contributed by atoms with Gasteiger partial charge in [-0.3, -0.25) is 19.8 Å². The number of anilines is 3. The van der Waals surface area contributed by atoms with Gasteiger partial charge in [-0.15, -0.1) is 0 Å². The summed E-state index contributed by atoms with van der Waals surface area (Å²) in [5.74, 6) is -2.15. The lowest BCUT2D eigenvalue weighted by Crippen LogP contribution is -2.55. The van der Waals surface area contributed by atoms with Gasteiger partial charge in [-0.25, -0.2) is 0 Å². The number of nitrogens with zero attached hydrogens (tertiary/aromatic N) is 1. The highest BCUT2D eigenvalue weighted by molar-refractivity contribution is 6.04. The van der Waals surface area contributed by atoms with Crippen LogP contribution < -0.4 is 21.3 Å². The minimum Gasteiger partial charge on any atom is -0.387 e. The molecule has 3 rings (SSSR count). The van der Waals surface area contributed by atoms with Crippen LogP contribution in [0.25, 0.3) is 0 Å². The lowest BCUT2D eigenvalue weighted by atomic mass is 10.1. The molecule has 0 saturated carbocycles. The Morgan fingerprint density at radius 3 is 2.58 bits per heavy atom. The summed E-state index contributed by atoms with van der Waals surface area (Å²) in [6.07, 6.45) is -3.20. The molecule has 0 aromatic heterocycles. The van der Waals surface area contributed by atoms with Crippen LogP contribution in [0, 0.1) is 12.3 Å². The third-order valence-electron chi connectivity index (χ3n) is 5.09. The second-order valence-electron chi connectivity index (χ2n) is 7.41. The molecule has 0 unspecified atom stereocenters. The number of carbonyl (C=O) groups excluding carboxylic acids is 3. The quantitative estimate of drug-likeness (QED) is 0.250. The van der Waals surface area contributed by atoms with Crippen molar-refractivity contribution in [3.05, 3.63) is 53.6 Å². The number of aliphatic hydroxyl groups excluding tert-OH is 2. The third kappa shape index (κ3) is 5.52. The lowest BCUT2D eigenvalue weighted by Gasteiger charge is -2.34. The van der Waals surface area contributed by atoms with Gasteiger partial charge in [0.25, 0.3) is 11.8 Å². The molecule has 33 heavy (non-hydrogen) atoms. The molecular weight excluding hydrogens is 430 g/mol. The summed E-state index contributed by atoms with van der Waals surface area (Å²) in [5, 5.41) is 31.9. The van der Waals surface area contributed by atoms with Gasteiger partial charge in [-0.2, -0.15) is 0 Å². The zero-order valence-electron chi connectivity index (χ0n) is 17.9. The first-order chi connectivity index (χ1) is 15.7. The number of hydrogen-bond acceptors (Lipinski definition) is 7. The largest absolute Gasteiger partial charge is 0.387 e. The molecule has 0 radical (unpaired) electrons. The maximum absolute atomic E-state index is 13.0. The van der Waals surface area contributed by atoms with E-state index in [-0.39, 0.29) is 19.0 Å². The number of amides is 3. The van der Waals surface area contributed by atoms with Crippen LogP contribution in [0.4, 0.5) is 17.1 Å². The fourth-order valence-electron chi connectivity index (χ4n) is 3.28. The number of aryl methyl sites for hydroxylation is 1. The van der Waals surface area contributed by atoms with Crippen molar-refractivity contribution in [1.29, 1.82) is 5.41 Å². The smallest absolute Gasteiger partial charge is 0.259 e. The van der Waals surface area contributed by atoms with Crippen molar-refractivity contribution in [1.82, 2.24) is 0 Å². The summed E-state index contributed by atoms with van der Waals surface area (Å²) in [6, 6.07) is 11.1. The van der Waals surface area contributed by atoms with Gasteiger partial charge >= 0.3 is 0 Å². The predicted octanol–water partition coefficient (Wildman–Crippen LogP) is -0.0587. The van der Waals surface area contributed by atoms with E-state index in [0.29, 0.717) is 22.6 Å². The predicted molar refractivity (Wildman–Crippen MR) is 121 cm³/mol. The normalized spacial score (nSPS) is 16.8. The van der Waals surface area contributed by atoms with Crippen molar-refractivity contribution >= 4 is 40.6 Å². The van der Waals surface area contributed by atoms with Crippen molar-refractivity contribution in [3.63, 3.8) is 0 Å². The number of aliphatic hydroxyl groups is 2. The molecule has 2 atom stereocenters. The lowest BCUT2D eigenvalue weighted by molar-refractivity contribution is -0.150. The topological polar surface area (TPSA) is 178 Å². The molecular formula is C22H25N5O6. The van der Waals surface area contributed by atoms with Crippen molar-refractivity contribution in [2.24, 2.45) is 5.73 Å². The highest BCUT2D eigenvalue weighted by Gasteiger charge is 2.39. The van der Waals surface area contributed by atoms with Gasteiger partial charge in [0, 0.05) is 29.2 Å². The summed E-state index contributed by atoms with van der Waals surface area (Å²) < 4.78 is 5.40. The first-order valence-corrected chi connectivity index (χ1v) is 10.1. The zero-order chi connectivity index (χ0) is 24.1. The van der Waals surface area contributed by atoms with Crippen molar-refractivity contribution < 1.29 is 29.3 Å². The summed E-state index contributed by atoms with van der Waals surface area (Å²) >= 11 is 0. The van der Waals surface area contributed by atoms with Gasteiger partial charge in [-0.1, -0.05) is 6.07 Å². The van der Waals surface area contributed by atoms with Gasteiger partial charge < -0.3 is 36.2 Å². The Bertz CT molecular complexity index is 1070. The van der Waals surface area contributed by atoms with E-state index in [0.717, 1.165) is 5.56 Å². The standard InChI is InChI=1S/C22H25N5O6/c1-12-2-7-15(10-16(12)26-17(29)11-28)27-8-9-33-19(22(27)32)18(30)21(31)25-14-5-3-13(4-6-14)20(23)24/h2-7,10,18-19,28,30H,8-9,11H2,1H3,(H3,23,24)(H,25,31)(H,26,29)/t18-,19-/m1/s1. The number of hydrogen-bond donors (Lipinski definition) is 6. The van der Waals surface area contributed by atoms with Gasteiger partial charge in [0.15, 0.2) is 12.2 Å². The molecule has 1 aliphatic heterocycles. The van der Waals surface area contributed by atoms with E-state index in [1.807, 2.05) is 0 Å². The van der Waals surface area contributed by atoms with Crippen LogP contribution in [0.3, 0.4) is 0 Å². The van der Waals surface area contributed by atoms with E-state index in [1.165, 1.54) is 17.0 Å². The molecule has 0 bridgehead atoms. The van der Waals surface area contributed by atoms with Crippen LogP contribution in [0.2, 0.25) is 0 Å². The van der Waals surface area contributed by atoms with Crippen molar-refractivity contribution in [3.8, 4) is 0 Å². The van der Waals surface area contributed by atoms with Crippen molar-refractivity contribution in [2.45, 2.75) is 19.1 Å². The number of rotatable bonds is 7. The maximum atomic E-state index is 13.0. The van der Waals surface area contributed by atoms with Crippen LogP contribution in [0.1, 0.15) is 11.1 Å². The van der Waals surface area contributed by atoms with Crippen LogP contribution in [0.5, 0.6) is 0 Å². The fraction of sp³-hybridized carbons (Fsp3) is 0.273. The molecule has 0 spiro atoms. The second-order valence-corrected chi connectivity index (χ2v) is 7.41. The molecule has 3 amide bonds. The molecule has 1 aliphatic rings. The Balaban J connectivity index is 1.73. The Labute approximate surface area is 189 Å². The highest BCUT2D eigenvalue weighted by Crippen LogP contribution is 2.26. The van der Waals surface area contributed by atoms with Gasteiger partial charge in [0.1, 0.15) is 12.4 Å². The van der Waals surface area contributed by atoms with Crippen molar-refractivity contribution in [2.75, 3.05) is 35.3 Å². The van der Waals surface area contributed by atoms with E-state index in [4.69, 9.17) is 21.0 Å². The molecule has 2 aromatic rings.